The zero-order chi connectivity index (χ0) is 15.7. The van der Waals surface area contributed by atoms with Crippen molar-refractivity contribution >= 4 is 17.3 Å². The lowest BCUT2D eigenvalue weighted by molar-refractivity contribution is 0.241. The first-order chi connectivity index (χ1) is 10.5. The summed E-state index contributed by atoms with van der Waals surface area (Å²) in [4.78, 5) is 8.46. The molecule has 0 amide bonds. The van der Waals surface area contributed by atoms with Gasteiger partial charge in [0.25, 0.3) is 5.78 Å². The highest BCUT2D eigenvalue weighted by molar-refractivity contribution is 5.61. The fourth-order valence-corrected chi connectivity index (χ4v) is 2.28. The summed E-state index contributed by atoms with van der Waals surface area (Å²) in [6, 6.07) is 7.96. The number of nitrogens with one attached hydrogen (secondary N) is 1. The van der Waals surface area contributed by atoms with E-state index in [-0.39, 0.29) is 6.10 Å². The van der Waals surface area contributed by atoms with Crippen LogP contribution in [0.2, 0.25) is 0 Å². The molecule has 0 fully saturated rings. The Labute approximate surface area is 129 Å². The van der Waals surface area contributed by atoms with Gasteiger partial charge in [0.1, 0.15) is 17.9 Å². The summed E-state index contributed by atoms with van der Waals surface area (Å²) in [5, 5.41) is 7.55. The Bertz CT molecular complexity index is 809. The summed E-state index contributed by atoms with van der Waals surface area (Å²) in [6.07, 6.45) is 1.66. The van der Waals surface area contributed by atoms with Crippen LogP contribution in [0.15, 0.2) is 30.6 Å². The Morgan fingerprint density at radius 1 is 1.18 bits per heavy atom. The molecule has 0 saturated carbocycles. The third-order valence-corrected chi connectivity index (χ3v) is 3.19. The Kier molecular flexibility index (Phi) is 3.66. The van der Waals surface area contributed by atoms with Crippen molar-refractivity contribution in [2.24, 2.45) is 0 Å². The quantitative estimate of drug-likeness (QED) is 0.800. The van der Waals surface area contributed by atoms with Crippen LogP contribution in [0, 0.1) is 13.8 Å². The second-order valence-corrected chi connectivity index (χ2v) is 5.53. The zero-order valence-corrected chi connectivity index (χ0v) is 13.2. The Morgan fingerprint density at radius 3 is 2.73 bits per heavy atom. The van der Waals surface area contributed by atoms with Crippen LogP contribution in [0.25, 0.3) is 5.78 Å². The molecule has 0 atom stereocenters. The van der Waals surface area contributed by atoms with E-state index in [1.54, 1.807) is 4.52 Å². The molecule has 22 heavy (non-hydrogen) atoms. The predicted octanol–water partition coefficient (Wildman–Crippen LogP) is 3.27. The van der Waals surface area contributed by atoms with E-state index >= 15 is 0 Å². The summed E-state index contributed by atoms with van der Waals surface area (Å²) in [5.41, 5.74) is 2.94. The van der Waals surface area contributed by atoms with Gasteiger partial charge in [-0.2, -0.15) is 14.6 Å². The average Bonchev–Trinajstić information content (AvgIpc) is 2.89. The standard InChI is InChI=1S/C16H19N5O/c1-10(2)22-14-6-5-13(7-11(14)3)20-15-8-12(4)19-16-17-9-18-21(15)16/h5-10,20H,1-4H3. The molecule has 1 aromatic carbocycles. The second-order valence-electron chi connectivity index (χ2n) is 5.53. The summed E-state index contributed by atoms with van der Waals surface area (Å²) in [6.45, 7) is 8.01. The lowest BCUT2D eigenvalue weighted by atomic mass is 10.2. The van der Waals surface area contributed by atoms with Crippen molar-refractivity contribution in [3.05, 3.63) is 41.9 Å². The van der Waals surface area contributed by atoms with E-state index in [1.165, 1.54) is 6.33 Å². The molecule has 6 nitrogen and oxygen atoms in total. The van der Waals surface area contributed by atoms with Crippen LogP contribution in [0.3, 0.4) is 0 Å². The van der Waals surface area contributed by atoms with Gasteiger partial charge in [0.15, 0.2) is 0 Å². The smallest absolute Gasteiger partial charge is 0.254 e. The normalized spacial score (nSPS) is 11.1. The molecule has 0 spiro atoms. The Balaban J connectivity index is 1.92. The summed E-state index contributed by atoms with van der Waals surface area (Å²) < 4.78 is 7.44. The van der Waals surface area contributed by atoms with Gasteiger partial charge in [-0.05, 0) is 51.5 Å². The molecule has 0 bridgehead atoms. The molecule has 0 saturated heterocycles. The van der Waals surface area contributed by atoms with Crippen LogP contribution < -0.4 is 10.1 Å². The minimum absolute atomic E-state index is 0.162. The summed E-state index contributed by atoms with van der Waals surface area (Å²) in [7, 11) is 0. The molecule has 6 heteroatoms. The van der Waals surface area contributed by atoms with Crippen molar-refractivity contribution in [2.45, 2.75) is 33.8 Å². The first-order valence-electron chi connectivity index (χ1n) is 7.24. The van der Waals surface area contributed by atoms with Gasteiger partial charge in [-0.1, -0.05) is 0 Å². The number of hydrogen-bond acceptors (Lipinski definition) is 5. The van der Waals surface area contributed by atoms with E-state index in [9.17, 15) is 0 Å². The number of fused-ring (bicyclic) bond motifs is 1. The molecule has 0 aliphatic rings. The molecule has 3 aromatic rings. The second kappa shape index (κ2) is 5.63. The molecular weight excluding hydrogens is 278 g/mol. The van der Waals surface area contributed by atoms with Crippen LogP contribution in [-0.2, 0) is 0 Å². The number of hydrogen-bond donors (Lipinski definition) is 1. The highest BCUT2D eigenvalue weighted by atomic mass is 16.5. The lowest BCUT2D eigenvalue weighted by Gasteiger charge is -2.14. The van der Waals surface area contributed by atoms with Crippen LogP contribution >= 0.6 is 0 Å². The number of nitrogens with zero attached hydrogens (tertiary/aromatic N) is 4. The number of anilines is 2. The molecule has 3 rings (SSSR count). The molecule has 2 aromatic heterocycles. The highest BCUT2D eigenvalue weighted by Gasteiger charge is 2.08. The third-order valence-electron chi connectivity index (χ3n) is 3.19. The molecule has 0 unspecified atom stereocenters. The topological polar surface area (TPSA) is 64.3 Å². The van der Waals surface area contributed by atoms with Gasteiger partial charge in [0, 0.05) is 17.4 Å². The highest BCUT2D eigenvalue weighted by Crippen LogP contribution is 2.25. The number of aromatic nitrogens is 4. The van der Waals surface area contributed by atoms with E-state index in [0.29, 0.717) is 5.78 Å². The molecule has 1 N–H and O–H groups in total. The van der Waals surface area contributed by atoms with Crippen LogP contribution in [0.4, 0.5) is 11.5 Å². The summed E-state index contributed by atoms with van der Waals surface area (Å²) in [5.74, 6) is 2.31. The van der Waals surface area contributed by atoms with Crippen molar-refractivity contribution in [1.82, 2.24) is 19.6 Å². The van der Waals surface area contributed by atoms with E-state index in [1.807, 2.05) is 45.9 Å². The van der Waals surface area contributed by atoms with Crippen molar-refractivity contribution in [1.29, 1.82) is 0 Å². The van der Waals surface area contributed by atoms with E-state index < -0.39 is 0 Å². The van der Waals surface area contributed by atoms with Gasteiger partial charge in [0.2, 0.25) is 0 Å². The van der Waals surface area contributed by atoms with Crippen molar-refractivity contribution in [3.8, 4) is 5.75 Å². The van der Waals surface area contributed by atoms with Gasteiger partial charge in [-0.3, -0.25) is 0 Å². The van der Waals surface area contributed by atoms with Gasteiger partial charge in [-0.15, -0.1) is 0 Å². The molecule has 114 valence electrons. The predicted molar refractivity (Wildman–Crippen MR) is 85.7 cm³/mol. The van der Waals surface area contributed by atoms with Gasteiger partial charge in [0.05, 0.1) is 6.10 Å². The fourth-order valence-electron chi connectivity index (χ4n) is 2.28. The maximum atomic E-state index is 5.76. The minimum atomic E-state index is 0.162. The van der Waals surface area contributed by atoms with Crippen molar-refractivity contribution in [3.63, 3.8) is 0 Å². The number of rotatable bonds is 4. The lowest BCUT2D eigenvalue weighted by Crippen LogP contribution is -2.07. The van der Waals surface area contributed by atoms with Gasteiger partial charge < -0.3 is 10.1 Å². The maximum Gasteiger partial charge on any atom is 0.254 e. The van der Waals surface area contributed by atoms with Crippen LogP contribution in [0.1, 0.15) is 25.1 Å². The Hall–Kier alpha value is -2.63. The summed E-state index contributed by atoms with van der Waals surface area (Å²) >= 11 is 0. The SMILES string of the molecule is Cc1cc(Nc2ccc(OC(C)C)c(C)c2)n2ncnc2n1. The largest absolute Gasteiger partial charge is 0.491 e. The van der Waals surface area contributed by atoms with Gasteiger partial charge in [-0.25, -0.2) is 4.98 Å². The minimum Gasteiger partial charge on any atom is -0.491 e. The van der Waals surface area contributed by atoms with Crippen LogP contribution in [-0.4, -0.2) is 25.7 Å². The maximum absolute atomic E-state index is 5.76. The first-order valence-corrected chi connectivity index (χ1v) is 7.24. The molecule has 0 aliphatic heterocycles. The van der Waals surface area contributed by atoms with Crippen molar-refractivity contribution in [2.75, 3.05) is 5.32 Å². The van der Waals surface area contributed by atoms with E-state index in [0.717, 1.165) is 28.5 Å². The average molecular weight is 297 g/mol. The van der Waals surface area contributed by atoms with Gasteiger partial charge >= 0.3 is 0 Å². The molecule has 0 radical (unpaired) electrons. The zero-order valence-electron chi connectivity index (χ0n) is 13.2. The van der Waals surface area contributed by atoms with E-state index in [2.05, 4.69) is 26.4 Å². The van der Waals surface area contributed by atoms with Crippen LogP contribution in [0.5, 0.6) is 5.75 Å². The van der Waals surface area contributed by atoms with Crippen molar-refractivity contribution < 1.29 is 4.74 Å². The third kappa shape index (κ3) is 2.86. The fraction of sp³-hybridized carbons (Fsp3) is 0.312. The first kappa shape index (κ1) is 14.3. The molecular formula is C16H19N5O. The Morgan fingerprint density at radius 2 is 2.00 bits per heavy atom. The molecule has 2 heterocycles. The van der Waals surface area contributed by atoms with E-state index in [4.69, 9.17) is 4.74 Å². The number of ether oxygens (including phenoxy) is 1. The number of benzene rings is 1. The monoisotopic (exact) mass is 297 g/mol. The molecule has 0 aliphatic carbocycles. The number of aryl methyl sites for hydroxylation is 2.